The number of nitrogens with zero attached hydrogens (tertiary/aromatic N) is 6. The van der Waals surface area contributed by atoms with Gasteiger partial charge in [0, 0.05) is 54.9 Å². The van der Waals surface area contributed by atoms with Gasteiger partial charge in [0.25, 0.3) is 0 Å². The lowest BCUT2D eigenvalue weighted by molar-refractivity contribution is 1.01. The van der Waals surface area contributed by atoms with Crippen molar-refractivity contribution in [1.82, 2.24) is 29.1 Å². The molecule has 64 heavy (non-hydrogen) atoms. The van der Waals surface area contributed by atoms with Crippen molar-refractivity contribution in [2.75, 3.05) is 0 Å². The van der Waals surface area contributed by atoms with Crippen LogP contribution in [0.2, 0.25) is 0 Å². The van der Waals surface area contributed by atoms with Crippen LogP contribution in [0.1, 0.15) is 0 Å². The van der Waals surface area contributed by atoms with Crippen LogP contribution in [0.5, 0.6) is 0 Å². The Morgan fingerprint density at radius 3 is 1.52 bits per heavy atom. The van der Waals surface area contributed by atoms with Crippen LogP contribution in [0.25, 0.3) is 122 Å². The predicted molar refractivity (Wildman–Crippen MR) is 263 cm³/mol. The predicted octanol–water partition coefficient (Wildman–Crippen LogP) is 14.4. The summed E-state index contributed by atoms with van der Waals surface area (Å²) in [6, 6.07) is 76.6. The minimum atomic E-state index is 0.640. The third-order valence-electron chi connectivity index (χ3n) is 12.5. The average molecular weight is 817 g/mol. The van der Waals surface area contributed by atoms with Gasteiger partial charge in [-0.3, -0.25) is 4.57 Å². The molecule has 0 fully saturated rings. The van der Waals surface area contributed by atoms with Gasteiger partial charge in [-0.15, -0.1) is 0 Å². The molecule has 13 aromatic rings. The van der Waals surface area contributed by atoms with Crippen LogP contribution < -0.4 is 0 Å². The quantitative estimate of drug-likeness (QED) is 0.168. The van der Waals surface area contributed by atoms with Crippen LogP contribution in [0.3, 0.4) is 0 Å². The molecule has 13 rings (SSSR count). The number of aromatic nitrogens is 6. The molecule has 0 saturated heterocycles. The second kappa shape index (κ2) is 14.4. The Labute approximate surface area is 368 Å². The van der Waals surface area contributed by atoms with Gasteiger partial charge in [-0.2, -0.15) is 0 Å². The molecule has 6 nitrogen and oxygen atoms in total. The second-order valence-corrected chi connectivity index (χ2v) is 16.3. The van der Waals surface area contributed by atoms with E-state index >= 15 is 0 Å². The first-order valence-corrected chi connectivity index (χ1v) is 21.6. The summed E-state index contributed by atoms with van der Waals surface area (Å²) in [6.45, 7) is 0. The first-order chi connectivity index (χ1) is 31.7. The number of hydrogen-bond acceptors (Lipinski definition) is 4. The van der Waals surface area contributed by atoms with Gasteiger partial charge in [0.2, 0.25) is 5.95 Å². The van der Waals surface area contributed by atoms with Crippen molar-refractivity contribution in [3.8, 4) is 56.8 Å². The van der Waals surface area contributed by atoms with Gasteiger partial charge in [0.1, 0.15) is 0 Å². The fourth-order valence-corrected chi connectivity index (χ4v) is 9.58. The first kappa shape index (κ1) is 36.0. The van der Waals surface area contributed by atoms with E-state index in [2.05, 4.69) is 191 Å². The van der Waals surface area contributed by atoms with Gasteiger partial charge in [-0.05, 0) is 77.5 Å². The third kappa shape index (κ3) is 5.73. The minimum Gasteiger partial charge on any atom is -0.309 e. The summed E-state index contributed by atoms with van der Waals surface area (Å²) < 4.78 is 4.62. The summed E-state index contributed by atoms with van der Waals surface area (Å²) in [5.74, 6) is 1.32. The Hall–Kier alpha value is -8.74. The normalized spacial score (nSPS) is 11.8. The van der Waals surface area contributed by atoms with Crippen LogP contribution in [-0.2, 0) is 0 Å². The lowest BCUT2D eigenvalue weighted by Crippen LogP contribution is -2.03. The molecule has 4 aromatic heterocycles. The number of para-hydroxylation sites is 3. The molecule has 0 aliphatic rings. The molecule has 0 amide bonds. The molecule has 0 aliphatic carbocycles. The molecule has 0 spiro atoms. The van der Waals surface area contributed by atoms with E-state index < -0.39 is 0 Å². The van der Waals surface area contributed by atoms with Crippen LogP contribution in [0, 0.1) is 0 Å². The van der Waals surface area contributed by atoms with E-state index in [0.717, 1.165) is 83.4 Å². The number of benzene rings is 9. The highest BCUT2D eigenvalue weighted by atomic mass is 15.2. The Balaban J connectivity index is 0.993. The zero-order chi connectivity index (χ0) is 42.1. The van der Waals surface area contributed by atoms with Gasteiger partial charge in [0.05, 0.1) is 44.7 Å². The van der Waals surface area contributed by atoms with Crippen molar-refractivity contribution in [2.45, 2.75) is 0 Å². The molecule has 0 N–H and O–H groups in total. The lowest BCUT2D eigenvalue weighted by Gasteiger charge is -2.12. The van der Waals surface area contributed by atoms with E-state index in [1.54, 1.807) is 0 Å². The Morgan fingerprint density at radius 1 is 0.312 bits per heavy atom. The van der Waals surface area contributed by atoms with E-state index in [1.807, 2.05) is 36.4 Å². The van der Waals surface area contributed by atoms with E-state index in [4.69, 9.17) is 19.9 Å². The van der Waals surface area contributed by atoms with E-state index in [0.29, 0.717) is 11.8 Å². The third-order valence-corrected chi connectivity index (χ3v) is 12.5. The van der Waals surface area contributed by atoms with E-state index in [-0.39, 0.29) is 0 Å². The maximum atomic E-state index is 5.43. The smallest absolute Gasteiger partial charge is 0.235 e. The van der Waals surface area contributed by atoms with Gasteiger partial charge in [-0.1, -0.05) is 152 Å². The van der Waals surface area contributed by atoms with Crippen molar-refractivity contribution >= 4 is 65.3 Å². The fourth-order valence-electron chi connectivity index (χ4n) is 9.58. The number of rotatable bonds is 6. The van der Waals surface area contributed by atoms with Gasteiger partial charge in [0.15, 0.2) is 5.82 Å². The van der Waals surface area contributed by atoms with Crippen molar-refractivity contribution in [3.63, 3.8) is 0 Å². The van der Waals surface area contributed by atoms with Crippen LogP contribution >= 0.6 is 0 Å². The highest BCUT2D eigenvalue weighted by Gasteiger charge is 2.23. The fraction of sp³-hybridized carbons (Fsp3) is 0. The SMILES string of the molecule is c1ccc(-c2cc(-c3ccccc3)nc(-c3ccc(-n4c5ccccc5c5c6c7ccccc7n(-c7nc(-c8ccc9ccccc9c8)c8ccccc8n7)c6ccc54)cc3)n2)cc1. The molecule has 298 valence electrons. The molecule has 4 heterocycles. The molecule has 0 bridgehead atoms. The van der Waals surface area contributed by atoms with Crippen molar-refractivity contribution in [2.24, 2.45) is 0 Å². The summed E-state index contributed by atoms with van der Waals surface area (Å²) in [5.41, 5.74) is 13.1. The van der Waals surface area contributed by atoms with Crippen molar-refractivity contribution in [1.29, 1.82) is 0 Å². The first-order valence-electron chi connectivity index (χ1n) is 21.6. The van der Waals surface area contributed by atoms with Gasteiger partial charge < -0.3 is 4.57 Å². The molecular weight excluding hydrogens is 781 g/mol. The van der Waals surface area contributed by atoms with Crippen molar-refractivity contribution < 1.29 is 0 Å². The number of fused-ring (bicyclic) bond motifs is 9. The molecule has 0 aliphatic heterocycles. The zero-order valence-corrected chi connectivity index (χ0v) is 34.5. The van der Waals surface area contributed by atoms with E-state index in [1.165, 1.54) is 26.9 Å². The average Bonchev–Trinajstić information content (AvgIpc) is 3.89. The van der Waals surface area contributed by atoms with Crippen LogP contribution in [0.15, 0.2) is 218 Å². The molecule has 0 atom stereocenters. The summed E-state index contributed by atoms with van der Waals surface area (Å²) >= 11 is 0. The molecule has 0 unspecified atom stereocenters. The highest BCUT2D eigenvalue weighted by molar-refractivity contribution is 6.28. The lowest BCUT2D eigenvalue weighted by atomic mass is 10.0. The summed E-state index contributed by atoms with van der Waals surface area (Å²) in [5, 5.41) is 8.08. The minimum absolute atomic E-state index is 0.640. The van der Waals surface area contributed by atoms with Gasteiger partial charge >= 0.3 is 0 Å². The highest BCUT2D eigenvalue weighted by Crippen LogP contribution is 2.43. The Morgan fingerprint density at radius 2 is 0.844 bits per heavy atom. The molecular formula is C58H36N6. The van der Waals surface area contributed by atoms with Crippen LogP contribution in [0.4, 0.5) is 0 Å². The topological polar surface area (TPSA) is 61.4 Å². The monoisotopic (exact) mass is 816 g/mol. The standard InChI is InChI=1S/C58H36N6/c1-3-16-38(17-4-1)48-36-49(39-18-5-2-6-19-39)60-57(59-48)40-29-31-43(32-30-40)63-50-25-13-10-22-45(50)54-52(63)33-34-53-55(54)46-23-11-14-26-51(46)64(53)58-61-47-24-12-9-21-44(47)56(62-58)42-28-27-37-15-7-8-20-41(37)35-42/h1-36H. The summed E-state index contributed by atoms with van der Waals surface area (Å²) in [7, 11) is 0. The molecule has 9 aromatic carbocycles. The summed E-state index contributed by atoms with van der Waals surface area (Å²) in [6.07, 6.45) is 0. The Kier molecular flexibility index (Phi) is 8.11. The molecule has 0 radical (unpaired) electrons. The van der Waals surface area contributed by atoms with E-state index in [9.17, 15) is 0 Å². The zero-order valence-electron chi connectivity index (χ0n) is 34.5. The van der Waals surface area contributed by atoms with Gasteiger partial charge in [-0.25, -0.2) is 19.9 Å². The van der Waals surface area contributed by atoms with Crippen LogP contribution in [-0.4, -0.2) is 29.1 Å². The maximum Gasteiger partial charge on any atom is 0.235 e. The van der Waals surface area contributed by atoms with Crippen molar-refractivity contribution in [3.05, 3.63) is 218 Å². The molecule has 0 saturated carbocycles. The summed E-state index contributed by atoms with van der Waals surface area (Å²) in [4.78, 5) is 20.9. The second-order valence-electron chi connectivity index (χ2n) is 16.3. The number of hydrogen-bond donors (Lipinski definition) is 0. The molecule has 6 heteroatoms. The maximum absolute atomic E-state index is 5.43. The largest absolute Gasteiger partial charge is 0.309 e. The Bertz CT molecular complexity index is 3890.